The minimum atomic E-state index is -0.263. The molecule has 0 aliphatic carbocycles. The van der Waals surface area contributed by atoms with Gasteiger partial charge in [-0.1, -0.05) is 66.7 Å². The number of amides is 1. The molecule has 4 aromatic carbocycles. The Morgan fingerprint density at radius 2 is 1.51 bits per heavy atom. The van der Waals surface area contributed by atoms with Crippen LogP contribution in [0.15, 0.2) is 97.1 Å². The molecule has 184 valence electrons. The maximum absolute atomic E-state index is 13.9. The van der Waals surface area contributed by atoms with Crippen molar-refractivity contribution in [1.29, 1.82) is 0 Å². The molecule has 1 aromatic heterocycles. The van der Waals surface area contributed by atoms with Gasteiger partial charge in [0.1, 0.15) is 11.5 Å². The van der Waals surface area contributed by atoms with Crippen LogP contribution in [-0.4, -0.2) is 29.6 Å². The van der Waals surface area contributed by atoms with E-state index in [-0.39, 0.29) is 11.9 Å². The van der Waals surface area contributed by atoms with E-state index in [9.17, 15) is 4.79 Å². The van der Waals surface area contributed by atoms with Crippen molar-refractivity contribution in [1.82, 2.24) is 9.47 Å². The molecule has 1 atom stereocenters. The number of hydrogen-bond acceptors (Lipinski definition) is 3. The van der Waals surface area contributed by atoms with Crippen LogP contribution in [-0.2, 0) is 13.6 Å². The molecule has 5 nitrogen and oxygen atoms in total. The number of hydrogen-bond donors (Lipinski definition) is 0. The lowest BCUT2D eigenvalue weighted by molar-refractivity contribution is 0.0737. The van der Waals surface area contributed by atoms with Gasteiger partial charge in [0.2, 0.25) is 0 Å². The third kappa shape index (κ3) is 3.66. The Balaban J connectivity index is 1.66. The normalized spacial score (nSPS) is 14.7. The molecule has 6 rings (SSSR count). The molecule has 0 N–H and O–H groups in total. The molecule has 0 radical (unpaired) electrons. The highest BCUT2D eigenvalue weighted by Crippen LogP contribution is 2.48. The first-order chi connectivity index (χ1) is 18.1. The number of aryl methyl sites for hydroxylation is 1. The Morgan fingerprint density at radius 3 is 2.30 bits per heavy atom. The minimum absolute atomic E-state index is 0.0425. The summed E-state index contributed by atoms with van der Waals surface area (Å²) in [4.78, 5) is 15.9. The molecule has 0 saturated heterocycles. The highest BCUT2D eigenvalue weighted by molar-refractivity contribution is 6.02. The zero-order valence-corrected chi connectivity index (χ0v) is 21.1. The monoisotopic (exact) mass is 488 g/mol. The van der Waals surface area contributed by atoms with Crippen LogP contribution in [0.4, 0.5) is 0 Å². The standard InChI is InChI=1S/C32H28N2O3/c1-33-27-16-10-9-15-25(27)29(30(33)26-19-22(36-2)17-18-28(26)37-3)31-23-13-7-8-14-24(23)32(35)34(31)20-21-11-5-4-6-12-21/h4-19,31H,20H2,1-3H3/t31-/m0/s1. The van der Waals surface area contributed by atoms with E-state index < -0.39 is 0 Å². The predicted octanol–water partition coefficient (Wildman–Crippen LogP) is 6.61. The number of methoxy groups -OCH3 is 2. The van der Waals surface area contributed by atoms with Crippen molar-refractivity contribution in [2.24, 2.45) is 7.05 Å². The summed E-state index contributed by atoms with van der Waals surface area (Å²) in [6.07, 6.45) is 0. The Labute approximate surface area is 216 Å². The lowest BCUT2D eigenvalue weighted by atomic mass is 9.92. The van der Waals surface area contributed by atoms with E-state index >= 15 is 0 Å². The van der Waals surface area contributed by atoms with Crippen molar-refractivity contribution in [2.75, 3.05) is 14.2 Å². The second-order valence-corrected chi connectivity index (χ2v) is 9.31. The van der Waals surface area contributed by atoms with Crippen molar-refractivity contribution >= 4 is 16.8 Å². The number of carbonyl (C=O) groups excluding carboxylic acids is 1. The van der Waals surface area contributed by atoms with Crippen molar-refractivity contribution in [3.8, 4) is 22.8 Å². The van der Waals surface area contributed by atoms with Gasteiger partial charge in [0, 0.05) is 41.2 Å². The highest BCUT2D eigenvalue weighted by atomic mass is 16.5. The zero-order chi connectivity index (χ0) is 25.5. The van der Waals surface area contributed by atoms with Crippen LogP contribution in [0.5, 0.6) is 11.5 Å². The fourth-order valence-corrected chi connectivity index (χ4v) is 5.65. The van der Waals surface area contributed by atoms with Gasteiger partial charge in [0.15, 0.2) is 0 Å². The molecule has 1 amide bonds. The third-order valence-corrected chi connectivity index (χ3v) is 7.34. The molecule has 2 heterocycles. The van der Waals surface area contributed by atoms with E-state index in [4.69, 9.17) is 9.47 Å². The number of nitrogens with zero attached hydrogens (tertiary/aromatic N) is 2. The van der Waals surface area contributed by atoms with Crippen molar-refractivity contribution in [3.63, 3.8) is 0 Å². The van der Waals surface area contributed by atoms with E-state index in [1.54, 1.807) is 14.2 Å². The number of fused-ring (bicyclic) bond motifs is 2. The number of ether oxygens (including phenoxy) is 2. The van der Waals surface area contributed by atoms with E-state index in [0.29, 0.717) is 6.54 Å². The summed E-state index contributed by atoms with van der Waals surface area (Å²) in [5, 5.41) is 1.11. The van der Waals surface area contributed by atoms with Crippen molar-refractivity contribution in [3.05, 3.63) is 119 Å². The second-order valence-electron chi connectivity index (χ2n) is 9.31. The van der Waals surface area contributed by atoms with Crippen LogP contribution in [0, 0.1) is 0 Å². The molecule has 5 heteroatoms. The minimum Gasteiger partial charge on any atom is -0.497 e. The number of rotatable bonds is 6. The van der Waals surface area contributed by atoms with Crippen LogP contribution in [0.25, 0.3) is 22.2 Å². The van der Waals surface area contributed by atoms with E-state index in [2.05, 4.69) is 48.0 Å². The Bertz CT molecular complexity index is 1620. The van der Waals surface area contributed by atoms with Crippen LogP contribution >= 0.6 is 0 Å². The largest absolute Gasteiger partial charge is 0.497 e. The first kappa shape index (κ1) is 22.9. The number of benzene rings is 4. The second kappa shape index (κ2) is 9.17. The van der Waals surface area contributed by atoms with Crippen molar-refractivity contribution < 1.29 is 14.3 Å². The molecule has 1 aliphatic heterocycles. The molecule has 0 fully saturated rings. The predicted molar refractivity (Wildman–Crippen MR) is 146 cm³/mol. The van der Waals surface area contributed by atoms with Gasteiger partial charge in [-0.15, -0.1) is 0 Å². The third-order valence-electron chi connectivity index (χ3n) is 7.34. The summed E-state index contributed by atoms with van der Waals surface area (Å²) >= 11 is 0. The molecular weight excluding hydrogens is 460 g/mol. The number of para-hydroxylation sites is 1. The Hall–Kier alpha value is -4.51. The SMILES string of the molecule is COc1ccc(OC)c(-c2c([C@@H]3c4ccccc4C(=O)N3Cc3ccccc3)c3ccccc3n2C)c1. The summed E-state index contributed by atoms with van der Waals surface area (Å²) in [5.74, 6) is 1.54. The molecule has 1 aliphatic rings. The molecule has 0 saturated carbocycles. The summed E-state index contributed by atoms with van der Waals surface area (Å²) in [7, 11) is 5.43. The van der Waals surface area contributed by atoms with E-state index in [0.717, 1.165) is 55.9 Å². The van der Waals surface area contributed by atoms with Gasteiger partial charge < -0.3 is 18.9 Å². The molecular formula is C32H28N2O3. The first-order valence-corrected chi connectivity index (χ1v) is 12.4. The van der Waals surface area contributed by atoms with Gasteiger partial charge in [0.05, 0.1) is 26.0 Å². The van der Waals surface area contributed by atoms with Crippen LogP contribution in [0.2, 0.25) is 0 Å². The van der Waals surface area contributed by atoms with Crippen LogP contribution in [0.1, 0.15) is 33.1 Å². The zero-order valence-electron chi connectivity index (χ0n) is 21.1. The number of aromatic nitrogens is 1. The average molecular weight is 489 g/mol. The topological polar surface area (TPSA) is 43.7 Å². The van der Waals surface area contributed by atoms with Crippen molar-refractivity contribution in [2.45, 2.75) is 12.6 Å². The fourth-order valence-electron chi connectivity index (χ4n) is 5.65. The smallest absolute Gasteiger partial charge is 0.255 e. The maximum Gasteiger partial charge on any atom is 0.255 e. The molecule has 0 spiro atoms. The highest BCUT2D eigenvalue weighted by Gasteiger charge is 2.40. The lowest BCUT2D eigenvalue weighted by Gasteiger charge is -2.27. The van der Waals surface area contributed by atoms with Gasteiger partial charge in [0.25, 0.3) is 5.91 Å². The lowest BCUT2D eigenvalue weighted by Crippen LogP contribution is -2.28. The van der Waals surface area contributed by atoms with Gasteiger partial charge in [-0.3, -0.25) is 4.79 Å². The Morgan fingerprint density at radius 1 is 0.784 bits per heavy atom. The first-order valence-electron chi connectivity index (χ1n) is 12.4. The fraction of sp³-hybridized carbons (Fsp3) is 0.156. The molecule has 5 aromatic rings. The van der Waals surface area contributed by atoms with Crippen LogP contribution < -0.4 is 9.47 Å². The maximum atomic E-state index is 13.9. The Kier molecular flexibility index (Phi) is 5.68. The molecule has 0 unspecified atom stereocenters. The molecule has 0 bridgehead atoms. The van der Waals surface area contributed by atoms with Crippen LogP contribution in [0.3, 0.4) is 0 Å². The summed E-state index contributed by atoms with van der Waals surface area (Å²) in [6, 6.07) is 32.1. The summed E-state index contributed by atoms with van der Waals surface area (Å²) in [6.45, 7) is 0.511. The summed E-state index contributed by atoms with van der Waals surface area (Å²) in [5.41, 5.74) is 6.96. The van der Waals surface area contributed by atoms with E-state index in [1.165, 1.54) is 0 Å². The average Bonchev–Trinajstić information content (AvgIpc) is 3.39. The van der Waals surface area contributed by atoms with E-state index in [1.807, 2.05) is 65.6 Å². The number of carbonyl (C=O) groups is 1. The van der Waals surface area contributed by atoms with Gasteiger partial charge in [-0.05, 0) is 41.5 Å². The van der Waals surface area contributed by atoms with Gasteiger partial charge >= 0.3 is 0 Å². The quantitative estimate of drug-likeness (QED) is 0.270. The molecule has 37 heavy (non-hydrogen) atoms. The van der Waals surface area contributed by atoms with Gasteiger partial charge in [-0.2, -0.15) is 0 Å². The van der Waals surface area contributed by atoms with Gasteiger partial charge in [-0.25, -0.2) is 0 Å². The summed E-state index contributed by atoms with van der Waals surface area (Å²) < 4.78 is 13.6.